The van der Waals surface area contributed by atoms with Gasteiger partial charge >= 0.3 is 12.2 Å². The Kier molecular flexibility index (Phi) is 9.23. The number of non-ortho nitro benzene ring substituents is 1. The van der Waals surface area contributed by atoms with E-state index in [9.17, 15) is 24.8 Å². The highest BCUT2D eigenvalue weighted by molar-refractivity contribution is 6.77. The summed E-state index contributed by atoms with van der Waals surface area (Å²) in [5.41, 5.74) is -0.00249. The zero-order valence-corrected chi connectivity index (χ0v) is 21.0. The number of anilines is 1. The van der Waals surface area contributed by atoms with Gasteiger partial charge in [0.05, 0.1) is 24.8 Å². The average molecular weight is 482 g/mol. The van der Waals surface area contributed by atoms with Gasteiger partial charge in [-0.2, -0.15) is 0 Å². The summed E-state index contributed by atoms with van der Waals surface area (Å²) < 4.78 is 11.2. The highest BCUT2D eigenvalue weighted by Crippen LogP contribution is 2.27. The second-order valence-corrected chi connectivity index (χ2v) is 15.2. The van der Waals surface area contributed by atoms with E-state index in [1.807, 2.05) is 6.92 Å². The minimum Gasteiger partial charge on any atom is -0.465 e. The number of carbonyl (C=O) groups excluding carboxylic acids is 1. The molecule has 11 heteroatoms. The number of hydrogen-bond donors (Lipinski definition) is 1. The summed E-state index contributed by atoms with van der Waals surface area (Å²) in [5, 5.41) is 21.0. The maximum atomic E-state index is 12.7. The quantitative estimate of drug-likeness (QED) is 0.311. The standard InChI is InChI=1S/C22H35N3O7Si/c1-16(33(3,4)5)32-22(28)23(2)14-20(13-17-7-6-12-31-15-17)24(21(26)27)18-8-10-19(11-9-18)25(29)30/h8-11,16-17,20H,6-7,12-15H2,1-5H3,(H,26,27)/t16-,17+,20?/m0/s1. The predicted molar refractivity (Wildman–Crippen MR) is 127 cm³/mol. The summed E-state index contributed by atoms with van der Waals surface area (Å²) in [6, 6.07) is 4.82. The molecule has 1 aliphatic rings. The van der Waals surface area contributed by atoms with E-state index in [1.54, 1.807) is 7.05 Å². The number of nitro groups is 1. The normalized spacial score (nSPS) is 18.2. The van der Waals surface area contributed by atoms with E-state index in [-0.39, 0.29) is 23.9 Å². The van der Waals surface area contributed by atoms with Crippen molar-refractivity contribution in [1.29, 1.82) is 0 Å². The van der Waals surface area contributed by atoms with Crippen LogP contribution in [0.1, 0.15) is 26.2 Å². The molecule has 10 nitrogen and oxygen atoms in total. The molecule has 33 heavy (non-hydrogen) atoms. The molecule has 2 amide bonds. The first-order valence-corrected chi connectivity index (χ1v) is 14.7. The van der Waals surface area contributed by atoms with Gasteiger partial charge in [-0.15, -0.1) is 0 Å². The maximum absolute atomic E-state index is 12.7. The Morgan fingerprint density at radius 3 is 2.42 bits per heavy atom. The van der Waals surface area contributed by atoms with Gasteiger partial charge < -0.3 is 19.5 Å². The molecule has 184 valence electrons. The number of carbonyl (C=O) groups is 2. The Morgan fingerprint density at radius 1 is 1.30 bits per heavy atom. The molecule has 1 N–H and O–H groups in total. The molecule has 3 atom stereocenters. The highest BCUT2D eigenvalue weighted by Gasteiger charge is 2.33. The van der Waals surface area contributed by atoms with Crippen LogP contribution in [0, 0.1) is 16.0 Å². The summed E-state index contributed by atoms with van der Waals surface area (Å²) in [6.07, 6.45) is 0.606. The van der Waals surface area contributed by atoms with Crippen molar-refractivity contribution >= 4 is 31.6 Å². The van der Waals surface area contributed by atoms with Gasteiger partial charge in [-0.05, 0) is 44.2 Å². The third-order valence-corrected chi connectivity index (χ3v) is 8.62. The molecule has 1 aromatic rings. The molecule has 1 saturated heterocycles. The van der Waals surface area contributed by atoms with E-state index in [0.717, 1.165) is 12.8 Å². The summed E-state index contributed by atoms with van der Waals surface area (Å²) >= 11 is 0. The zero-order chi connectivity index (χ0) is 24.8. The predicted octanol–water partition coefficient (Wildman–Crippen LogP) is 4.60. The van der Waals surface area contributed by atoms with Crippen molar-refractivity contribution in [3.63, 3.8) is 0 Å². The van der Waals surface area contributed by atoms with Crippen molar-refractivity contribution in [3.8, 4) is 0 Å². The van der Waals surface area contributed by atoms with Crippen LogP contribution in [0.5, 0.6) is 0 Å². The van der Waals surface area contributed by atoms with Crippen molar-refractivity contribution in [3.05, 3.63) is 34.4 Å². The highest BCUT2D eigenvalue weighted by atomic mass is 28.3. The molecule has 0 radical (unpaired) electrons. The summed E-state index contributed by atoms with van der Waals surface area (Å²) in [6.45, 7) is 9.55. The summed E-state index contributed by atoms with van der Waals surface area (Å²) in [7, 11) is -0.100. The molecule has 0 spiro atoms. The Morgan fingerprint density at radius 2 is 1.94 bits per heavy atom. The van der Waals surface area contributed by atoms with Crippen molar-refractivity contribution < 1.29 is 29.1 Å². The lowest BCUT2D eigenvalue weighted by Gasteiger charge is -2.36. The van der Waals surface area contributed by atoms with Crippen molar-refractivity contribution in [2.24, 2.45) is 5.92 Å². The number of nitro benzene ring substituents is 1. The van der Waals surface area contributed by atoms with Crippen LogP contribution < -0.4 is 4.90 Å². The third-order valence-electron chi connectivity index (χ3n) is 6.06. The smallest absolute Gasteiger partial charge is 0.412 e. The maximum Gasteiger partial charge on any atom is 0.412 e. The molecule has 0 saturated carbocycles. The number of benzene rings is 1. The topological polar surface area (TPSA) is 122 Å². The number of rotatable bonds is 9. The lowest BCUT2D eigenvalue weighted by atomic mass is 9.93. The summed E-state index contributed by atoms with van der Waals surface area (Å²) in [5.74, 6) is 0.147. The van der Waals surface area contributed by atoms with Crippen LogP contribution in [0.15, 0.2) is 24.3 Å². The van der Waals surface area contributed by atoms with Crippen molar-refractivity contribution in [2.45, 2.75) is 57.6 Å². The van der Waals surface area contributed by atoms with Gasteiger partial charge in [0.2, 0.25) is 0 Å². The number of nitrogens with zero attached hydrogens (tertiary/aromatic N) is 3. The minimum atomic E-state index is -1.70. The molecule has 0 bridgehead atoms. The van der Waals surface area contributed by atoms with Crippen LogP contribution in [0.3, 0.4) is 0 Å². The lowest BCUT2D eigenvalue weighted by Crippen LogP contribution is -2.50. The van der Waals surface area contributed by atoms with Gasteiger partial charge in [0.15, 0.2) is 0 Å². The van der Waals surface area contributed by atoms with E-state index in [1.165, 1.54) is 34.1 Å². The molecular weight excluding hydrogens is 446 g/mol. The molecule has 0 aliphatic carbocycles. The SMILES string of the molecule is C[C@@H](OC(=O)N(C)CC(C[C@H]1CCCOC1)N(C(=O)O)c1ccc([N+](=O)[O-])cc1)[Si](C)(C)C. The molecule has 0 aromatic heterocycles. The monoisotopic (exact) mass is 481 g/mol. The fourth-order valence-electron chi connectivity index (χ4n) is 3.66. The van der Waals surface area contributed by atoms with Gasteiger partial charge in [-0.25, -0.2) is 9.59 Å². The number of ether oxygens (including phenoxy) is 2. The first-order valence-electron chi connectivity index (χ1n) is 11.2. The van der Waals surface area contributed by atoms with Crippen LogP contribution in [-0.2, 0) is 9.47 Å². The number of hydrogen-bond acceptors (Lipinski definition) is 6. The Hall–Kier alpha value is -2.66. The Bertz CT molecular complexity index is 822. The van der Waals surface area contributed by atoms with Crippen LogP contribution in [-0.4, -0.2) is 73.8 Å². The van der Waals surface area contributed by atoms with Crippen LogP contribution in [0.2, 0.25) is 19.6 Å². The second kappa shape index (κ2) is 11.5. The molecule has 1 heterocycles. The largest absolute Gasteiger partial charge is 0.465 e. The second-order valence-electron chi connectivity index (χ2n) is 9.67. The number of likely N-dealkylation sites (N-methyl/N-ethyl adjacent to an activating group) is 1. The zero-order valence-electron chi connectivity index (χ0n) is 20.0. The molecule has 1 fully saturated rings. The van der Waals surface area contributed by atoms with Gasteiger partial charge in [-0.3, -0.25) is 15.0 Å². The van der Waals surface area contributed by atoms with E-state index < -0.39 is 31.2 Å². The minimum absolute atomic E-state index is 0.122. The first-order chi connectivity index (χ1) is 15.4. The van der Waals surface area contributed by atoms with E-state index in [4.69, 9.17) is 9.47 Å². The fraction of sp³-hybridized carbons (Fsp3) is 0.636. The van der Waals surface area contributed by atoms with Gasteiger partial charge in [0.1, 0.15) is 0 Å². The summed E-state index contributed by atoms with van der Waals surface area (Å²) in [4.78, 5) is 38.1. The van der Waals surface area contributed by atoms with Gasteiger partial charge in [0, 0.05) is 44.6 Å². The van der Waals surface area contributed by atoms with Crippen molar-refractivity contribution in [2.75, 3.05) is 31.7 Å². The average Bonchev–Trinajstić information content (AvgIpc) is 2.73. The molecule has 1 unspecified atom stereocenters. The Labute approximate surface area is 195 Å². The molecule has 1 aliphatic heterocycles. The molecular formula is C22H35N3O7Si. The van der Waals surface area contributed by atoms with E-state index in [2.05, 4.69) is 19.6 Å². The van der Waals surface area contributed by atoms with E-state index in [0.29, 0.717) is 25.3 Å². The molecule has 1 aromatic carbocycles. The third kappa shape index (κ3) is 7.71. The van der Waals surface area contributed by atoms with E-state index >= 15 is 0 Å². The van der Waals surface area contributed by atoms with Crippen LogP contribution >= 0.6 is 0 Å². The lowest BCUT2D eigenvalue weighted by molar-refractivity contribution is -0.384. The number of amides is 2. The van der Waals surface area contributed by atoms with Crippen LogP contribution in [0.4, 0.5) is 21.0 Å². The van der Waals surface area contributed by atoms with Gasteiger partial charge in [0.25, 0.3) is 5.69 Å². The van der Waals surface area contributed by atoms with Crippen molar-refractivity contribution in [1.82, 2.24) is 4.90 Å². The number of carboxylic acid groups (broad SMARTS) is 1. The van der Waals surface area contributed by atoms with Crippen LogP contribution in [0.25, 0.3) is 0 Å². The Balaban J connectivity index is 2.27. The van der Waals surface area contributed by atoms with Gasteiger partial charge in [-0.1, -0.05) is 19.6 Å². The molecule has 2 rings (SSSR count). The first kappa shape index (κ1) is 26.6. The fourth-order valence-corrected chi connectivity index (χ4v) is 4.12.